The number of rotatable bonds is 9. The quantitative estimate of drug-likeness (QED) is 0.217. The zero-order valence-electron chi connectivity index (χ0n) is 15.0. The van der Waals surface area contributed by atoms with E-state index in [1.807, 2.05) is 30.3 Å². The van der Waals surface area contributed by atoms with Crippen molar-refractivity contribution in [3.63, 3.8) is 0 Å². The number of nitrogens with zero attached hydrogens (tertiary/aromatic N) is 2. The molecule has 1 aromatic carbocycles. The second-order valence-corrected chi connectivity index (χ2v) is 6.09. The van der Waals surface area contributed by atoms with E-state index in [4.69, 9.17) is 11.6 Å². The van der Waals surface area contributed by atoms with E-state index in [1.165, 1.54) is 5.56 Å². The smallest absolute Gasteiger partial charge is 0.190 e. The number of hydrogen-bond donors (Lipinski definition) is 3. The molecule has 1 aromatic heterocycles. The zero-order valence-corrected chi connectivity index (χ0v) is 18.1. The minimum Gasteiger partial charge on any atom is -0.370 e. The Morgan fingerprint density at radius 2 is 1.73 bits per heavy atom. The van der Waals surface area contributed by atoms with Crippen molar-refractivity contribution in [1.82, 2.24) is 15.6 Å². The zero-order chi connectivity index (χ0) is 17.7. The van der Waals surface area contributed by atoms with Gasteiger partial charge in [-0.05, 0) is 49.1 Å². The molecule has 0 aliphatic rings. The highest BCUT2D eigenvalue weighted by atomic mass is 127. The normalized spacial score (nSPS) is 10.8. The molecule has 0 unspecified atom stereocenters. The predicted octanol–water partition coefficient (Wildman–Crippen LogP) is 3.95. The summed E-state index contributed by atoms with van der Waals surface area (Å²) in [6, 6.07) is 13.8. The van der Waals surface area contributed by atoms with Crippen LogP contribution in [0.5, 0.6) is 0 Å². The van der Waals surface area contributed by atoms with E-state index in [2.05, 4.69) is 38.1 Å². The number of hydrogen-bond acceptors (Lipinski definition) is 3. The Balaban J connectivity index is 0.00000338. The molecule has 26 heavy (non-hydrogen) atoms. The van der Waals surface area contributed by atoms with Crippen LogP contribution in [-0.4, -0.2) is 37.6 Å². The summed E-state index contributed by atoms with van der Waals surface area (Å²) in [5, 5.41) is 10.7. The Morgan fingerprint density at radius 3 is 2.42 bits per heavy atom. The van der Waals surface area contributed by atoms with Crippen LogP contribution in [0.4, 0.5) is 5.82 Å². The fraction of sp³-hybridized carbons (Fsp3) is 0.368. The number of guanidine groups is 1. The maximum absolute atomic E-state index is 5.89. The number of aliphatic imine (C=N–C) groups is 1. The summed E-state index contributed by atoms with van der Waals surface area (Å²) in [7, 11) is 1.79. The molecule has 0 amide bonds. The summed E-state index contributed by atoms with van der Waals surface area (Å²) in [6.07, 6.45) is 4.87. The van der Waals surface area contributed by atoms with Crippen LogP contribution >= 0.6 is 35.6 Å². The first-order valence-electron chi connectivity index (χ1n) is 8.62. The van der Waals surface area contributed by atoms with Gasteiger partial charge in [0.05, 0.1) is 0 Å². The number of anilines is 1. The van der Waals surface area contributed by atoms with E-state index in [-0.39, 0.29) is 24.0 Å². The van der Waals surface area contributed by atoms with Gasteiger partial charge in [-0.3, -0.25) is 4.99 Å². The maximum Gasteiger partial charge on any atom is 0.190 e. The molecule has 0 saturated carbocycles. The second kappa shape index (κ2) is 13.6. The summed E-state index contributed by atoms with van der Waals surface area (Å²) in [5.41, 5.74) is 1.26. The number of aromatic nitrogens is 1. The molecule has 2 rings (SSSR count). The molecule has 0 radical (unpaired) electrons. The Morgan fingerprint density at radius 1 is 1.00 bits per heavy atom. The molecule has 0 aliphatic heterocycles. The van der Waals surface area contributed by atoms with Gasteiger partial charge in [0, 0.05) is 37.9 Å². The van der Waals surface area contributed by atoms with Gasteiger partial charge in [0.25, 0.3) is 0 Å². The molecule has 0 atom stereocenters. The summed E-state index contributed by atoms with van der Waals surface area (Å²) in [4.78, 5) is 8.48. The van der Waals surface area contributed by atoms with Gasteiger partial charge in [0.15, 0.2) is 5.96 Å². The van der Waals surface area contributed by atoms with Crippen molar-refractivity contribution in [2.75, 3.05) is 32.0 Å². The molecule has 2 aromatic rings. The fourth-order valence-electron chi connectivity index (χ4n) is 2.34. The SMILES string of the molecule is CN=C(NCCCCNc1ccccn1)NCCc1ccc(Cl)cc1.I. The third-order valence-electron chi connectivity index (χ3n) is 3.71. The summed E-state index contributed by atoms with van der Waals surface area (Å²) in [6.45, 7) is 2.65. The van der Waals surface area contributed by atoms with Gasteiger partial charge < -0.3 is 16.0 Å². The van der Waals surface area contributed by atoms with Crippen molar-refractivity contribution in [2.24, 2.45) is 4.99 Å². The van der Waals surface area contributed by atoms with Crippen molar-refractivity contribution in [1.29, 1.82) is 0 Å². The van der Waals surface area contributed by atoms with Crippen LogP contribution < -0.4 is 16.0 Å². The molecule has 0 aliphatic carbocycles. The first-order chi connectivity index (χ1) is 12.3. The Hall–Kier alpha value is -1.54. The predicted molar refractivity (Wildman–Crippen MR) is 122 cm³/mol. The lowest BCUT2D eigenvalue weighted by molar-refractivity contribution is 0.710. The van der Waals surface area contributed by atoms with Crippen molar-refractivity contribution in [3.05, 3.63) is 59.2 Å². The molecule has 5 nitrogen and oxygen atoms in total. The summed E-state index contributed by atoms with van der Waals surface area (Å²) in [5.74, 6) is 1.77. The van der Waals surface area contributed by atoms with Crippen molar-refractivity contribution < 1.29 is 0 Å². The van der Waals surface area contributed by atoms with E-state index in [0.717, 1.165) is 55.7 Å². The number of benzene rings is 1. The van der Waals surface area contributed by atoms with Gasteiger partial charge in [-0.15, -0.1) is 24.0 Å². The van der Waals surface area contributed by atoms with Crippen LogP contribution in [0, 0.1) is 0 Å². The minimum absolute atomic E-state index is 0. The van der Waals surface area contributed by atoms with Crippen molar-refractivity contribution in [3.8, 4) is 0 Å². The monoisotopic (exact) mass is 487 g/mol. The molecule has 0 saturated heterocycles. The molecule has 7 heteroatoms. The molecule has 0 fully saturated rings. The first-order valence-corrected chi connectivity index (χ1v) is 8.99. The number of pyridine rings is 1. The van der Waals surface area contributed by atoms with Gasteiger partial charge in [0.1, 0.15) is 5.82 Å². The molecular formula is C19H27ClIN5. The topological polar surface area (TPSA) is 61.3 Å². The molecule has 0 spiro atoms. The van der Waals surface area contributed by atoms with Crippen LogP contribution in [0.2, 0.25) is 5.02 Å². The lowest BCUT2D eigenvalue weighted by atomic mass is 10.1. The standard InChI is InChI=1S/C19H26ClN5.HI/c1-21-19(25-15-11-16-7-9-17(20)10-8-16)24-14-5-4-13-23-18-6-2-3-12-22-18;/h2-3,6-10,12H,4-5,11,13-15H2,1H3,(H,22,23)(H2,21,24,25);1H. The number of halogens is 2. The lowest BCUT2D eigenvalue weighted by Crippen LogP contribution is -2.38. The highest BCUT2D eigenvalue weighted by Gasteiger charge is 1.98. The Kier molecular flexibility index (Phi) is 11.8. The van der Waals surface area contributed by atoms with E-state index < -0.39 is 0 Å². The number of nitrogens with one attached hydrogen (secondary N) is 3. The third kappa shape index (κ3) is 9.24. The van der Waals surface area contributed by atoms with Crippen LogP contribution in [0.15, 0.2) is 53.7 Å². The van der Waals surface area contributed by atoms with Crippen LogP contribution in [0.25, 0.3) is 0 Å². The van der Waals surface area contributed by atoms with Crippen LogP contribution in [0.1, 0.15) is 18.4 Å². The van der Waals surface area contributed by atoms with Gasteiger partial charge in [0.2, 0.25) is 0 Å². The molecule has 0 bridgehead atoms. The maximum atomic E-state index is 5.89. The highest BCUT2D eigenvalue weighted by molar-refractivity contribution is 14.0. The Labute approximate surface area is 178 Å². The van der Waals surface area contributed by atoms with Gasteiger partial charge in [-0.2, -0.15) is 0 Å². The molecular weight excluding hydrogens is 461 g/mol. The van der Waals surface area contributed by atoms with Crippen LogP contribution in [0.3, 0.4) is 0 Å². The lowest BCUT2D eigenvalue weighted by Gasteiger charge is -2.12. The van der Waals surface area contributed by atoms with Gasteiger partial charge in [-0.1, -0.05) is 29.8 Å². The average molecular weight is 488 g/mol. The van der Waals surface area contributed by atoms with Crippen LogP contribution in [-0.2, 0) is 6.42 Å². The molecule has 1 heterocycles. The average Bonchev–Trinajstić information content (AvgIpc) is 2.65. The third-order valence-corrected chi connectivity index (χ3v) is 3.96. The fourth-order valence-corrected chi connectivity index (χ4v) is 2.46. The molecule has 142 valence electrons. The summed E-state index contributed by atoms with van der Waals surface area (Å²) < 4.78 is 0. The number of unbranched alkanes of at least 4 members (excludes halogenated alkanes) is 1. The largest absolute Gasteiger partial charge is 0.370 e. The molecule has 3 N–H and O–H groups in total. The highest BCUT2D eigenvalue weighted by Crippen LogP contribution is 2.09. The van der Waals surface area contributed by atoms with E-state index >= 15 is 0 Å². The minimum atomic E-state index is 0. The van der Waals surface area contributed by atoms with E-state index in [9.17, 15) is 0 Å². The Bertz CT molecular complexity index is 634. The van der Waals surface area contributed by atoms with E-state index in [1.54, 1.807) is 13.2 Å². The van der Waals surface area contributed by atoms with Gasteiger partial charge >= 0.3 is 0 Å². The van der Waals surface area contributed by atoms with Crippen molar-refractivity contribution in [2.45, 2.75) is 19.3 Å². The first kappa shape index (κ1) is 22.5. The summed E-state index contributed by atoms with van der Waals surface area (Å²) >= 11 is 5.89. The van der Waals surface area contributed by atoms with Gasteiger partial charge in [-0.25, -0.2) is 4.98 Å². The van der Waals surface area contributed by atoms with Crippen molar-refractivity contribution >= 4 is 47.4 Å². The van der Waals surface area contributed by atoms with E-state index in [0.29, 0.717) is 0 Å². The second-order valence-electron chi connectivity index (χ2n) is 5.65.